The molecule has 0 spiro atoms. The number of nitrogens with one attached hydrogen (secondary N) is 1. The Morgan fingerprint density at radius 3 is 2.73 bits per heavy atom. The molecule has 1 amide bonds. The van der Waals surface area contributed by atoms with Crippen LogP contribution in [-0.2, 0) is 11.2 Å². The summed E-state index contributed by atoms with van der Waals surface area (Å²) in [6.07, 6.45) is 0.506. The highest BCUT2D eigenvalue weighted by molar-refractivity contribution is 5.86. The van der Waals surface area contributed by atoms with Gasteiger partial charge in [0.15, 0.2) is 0 Å². The summed E-state index contributed by atoms with van der Waals surface area (Å²) in [7, 11) is 0. The molecule has 7 nitrogen and oxygen atoms in total. The summed E-state index contributed by atoms with van der Waals surface area (Å²) in [5, 5.41) is 10.2. The van der Waals surface area contributed by atoms with E-state index in [2.05, 4.69) is 15.5 Å². The number of carbonyl (C=O) groups is 1. The largest absolute Gasteiger partial charge is 0.408 e. The third-order valence-corrected chi connectivity index (χ3v) is 1.86. The lowest BCUT2D eigenvalue weighted by Crippen LogP contribution is -2.45. The topological polar surface area (TPSA) is 120 Å². The van der Waals surface area contributed by atoms with E-state index in [0.717, 1.165) is 0 Å². The van der Waals surface area contributed by atoms with Gasteiger partial charge < -0.3 is 21.2 Å². The van der Waals surface area contributed by atoms with Crippen molar-refractivity contribution in [2.24, 2.45) is 11.5 Å². The van der Waals surface area contributed by atoms with E-state index >= 15 is 0 Å². The molecule has 1 aromatic rings. The number of carbonyl (C=O) groups excluding carboxylic acids is 1. The fourth-order valence-electron chi connectivity index (χ4n) is 0.858. The average molecular weight is 213 g/mol. The molecular formula is C8H15N5O2. The van der Waals surface area contributed by atoms with E-state index in [4.69, 9.17) is 15.9 Å². The van der Waals surface area contributed by atoms with E-state index in [1.165, 1.54) is 0 Å². The van der Waals surface area contributed by atoms with Gasteiger partial charge in [-0.15, -0.1) is 5.10 Å². The summed E-state index contributed by atoms with van der Waals surface area (Å²) in [6, 6.07) is 0.169. The quantitative estimate of drug-likeness (QED) is 0.591. The van der Waals surface area contributed by atoms with Crippen LogP contribution in [0.3, 0.4) is 0 Å². The van der Waals surface area contributed by atoms with Gasteiger partial charge in [-0.05, 0) is 13.8 Å². The fraction of sp³-hybridized carbons (Fsp3) is 0.625. The normalized spacial score (nSPS) is 11.4. The zero-order valence-electron chi connectivity index (χ0n) is 8.78. The minimum Gasteiger partial charge on any atom is -0.408 e. The zero-order valence-corrected chi connectivity index (χ0v) is 8.78. The Balaban J connectivity index is 2.68. The molecule has 7 heteroatoms. The molecule has 15 heavy (non-hydrogen) atoms. The van der Waals surface area contributed by atoms with Crippen LogP contribution < -0.4 is 16.8 Å². The predicted octanol–water partition coefficient (Wildman–Crippen LogP) is -0.753. The minimum absolute atomic E-state index is 0.169. The van der Waals surface area contributed by atoms with Crippen molar-refractivity contribution < 1.29 is 9.21 Å². The Labute approximate surface area is 87.2 Å². The molecule has 0 aliphatic heterocycles. The maximum atomic E-state index is 11.0. The highest BCUT2D eigenvalue weighted by Crippen LogP contribution is 2.13. The van der Waals surface area contributed by atoms with Crippen molar-refractivity contribution in [2.75, 3.05) is 11.9 Å². The second-order valence-electron chi connectivity index (χ2n) is 3.65. The van der Waals surface area contributed by atoms with Crippen molar-refractivity contribution in [1.82, 2.24) is 10.2 Å². The van der Waals surface area contributed by atoms with Gasteiger partial charge in [0.05, 0.1) is 0 Å². The number of amides is 1. The molecule has 84 valence electrons. The first-order valence-corrected chi connectivity index (χ1v) is 4.56. The minimum atomic E-state index is -0.924. The Bertz CT molecular complexity index is 347. The van der Waals surface area contributed by atoms with E-state index in [1.807, 2.05) is 0 Å². The van der Waals surface area contributed by atoms with Crippen LogP contribution in [0, 0.1) is 0 Å². The first-order valence-electron chi connectivity index (χ1n) is 4.56. The number of rotatable bonds is 5. The third kappa shape index (κ3) is 2.91. The lowest BCUT2D eigenvalue weighted by Gasteiger charge is -2.20. The smallest absolute Gasteiger partial charge is 0.316 e. The van der Waals surface area contributed by atoms with E-state index in [1.54, 1.807) is 13.8 Å². The summed E-state index contributed by atoms with van der Waals surface area (Å²) < 4.78 is 5.19. The Morgan fingerprint density at radius 2 is 2.20 bits per heavy atom. The van der Waals surface area contributed by atoms with E-state index in [9.17, 15) is 4.79 Å². The average Bonchev–Trinajstić information content (AvgIpc) is 2.52. The second-order valence-corrected chi connectivity index (χ2v) is 3.65. The molecule has 5 N–H and O–H groups in total. The van der Waals surface area contributed by atoms with Gasteiger partial charge in [0.1, 0.15) is 5.54 Å². The summed E-state index contributed by atoms with van der Waals surface area (Å²) in [6.45, 7) is 3.69. The zero-order chi connectivity index (χ0) is 11.5. The molecule has 0 atom stereocenters. The summed E-state index contributed by atoms with van der Waals surface area (Å²) >= 11 is 0. The van der Waals surface area contributed by atoms with Crippen LogP contribution in [0.1, 0.15) is 19.7 Å². The number of anilines is 1. The van der Waals surface area contributed by atoms with Crippen molar-refractivity contribution in [3.8, 4) is 0 Å². The lowest BCUT2D eigenvalue weighted by atomic mass is 10.1. The van der Waals surface area contributed by atoms with Crippen molar-refractivity contribution in [3.63, 3.8) is 0 Å². The Kier molecular flexibility index (Phi) is 3.25. The molecule has 0 bridgehead atoms. The van der Waals surface area contributed by atoms with Crippen molar-refractivity contribution in [1.29, 1.82) is 0 Å². The molecule has 0 saturated heterocycles. The van der Waals surface area contributed by atoms with Crippen LogP contribution in [0.25, 0.3) is 0 Å². The van der Waals surface area contributed by atoms with Gasteiger partial charge in [0.2, 0.25) is 11.8 Å². The number of hydrogen-bond donors (Lipinski definition) is 3. The first kappa shape index (κ1) is 11.4. The molecule has 0 unspecified atom stereocenters. The Morgan fingerprint density at radius 1 is 1.53 bits per heavy atom. The highest BCUT2D eigenvalue weighted by Gasteiger charge is 2.26. The fourth-order valence-corrected chi connectivity index (χ4v) is 0.858. The van der Waals surface area contributed by atoms with Crippen LogP contribution >= 0.6 is 0 Å². The third-order valence-electron chi connectivity index (χ3n) is 1.86. The molecule has 0 aliphatic rings. The van der Waals surface area contributed by atoms with Crippen molar-refractivity contribution >= 4 is 11.9 Å². The Hall–Kier alpha value is -1.63. The van der Waals surface area contributed by atoms with Gasteiger partial charge in [0.25, 0.3) is 0 Å². The number of aromatic nitrogens is 2. The van der Waals surface area contributed by atoms with Gasteiger partial charge >= 0.3 is 6.01 Å². The second kappa shape index (κ2) is 4.26. The molecule has 1 aromatic heterocycles. The molecule has 1 rings (SSSR count). The molecule has 0 radical (unpaired) electrons. The van der Waals surface area contributed by atoms with Crippen LogP contribution in [-0.4, -0.2) is 28.2 Å². The predicted molar refractivity (Wildman–Crippen MR) is 54.0 cm³/mol. The van der Waals surface area contributed by atoms with Crippen LogP contribution in [0.5, 0.6) is 0 Å². The molecule has 0 saturated carbocycles. The van der Waals surface area contributed by atoms with Gasteiger partial charge in [-0.2, -0.15) is 0 Å². The van der Waals surface area contributed by atoms with E-state index < -0.39 is 11.4 Å². The standard InChI is InChI=1S/C8H15N5O2/c1-8(2,6(10)14)11-7-13-12-5(15-7)3-4-9/h3-4,9H2,1-2H3,(H2,10,14)(H,11,13). The lowest BCUT2D eigenvalue weighted by molar-refractivity contribution is -0.121. The number of nitrogens with zero attached hydrogens (tertiary/aromatic N) is 2. The van der Waals surface area contributed by atoms with Gasteiger partial charge in [-0.25, -0.2) is 0 Å². The first-order chi connectivity index (χ1) is 6.95. The molecule has 0 fully saturated rings. The van der Waals surface area contributed by atoms with Crippen LogP contribution in [0.2, 0.25) is 0 Å². The maximum absolute atomic E-state index is 11.0. The van der Waals surface area contributed by atoms with Crippen LogP contribution in [0.15, 0.2) is 4.42 Å². The highest BCUT2D eigenvalue weighted by atomic mass is 16.4. The molecule has 0 aliphatic carbocycles. The number of hydrogen-bond acceptors (Lipinski definition) is 6. The summed E-state index contributed by atoms with van der Waals surface area (Å²) in [5.41, 5.74) is 9.57. The number of nitrogens with two attached hydrogens (primary N) is 2. The van der Waals surface area contributed by atoms with Crippen LogP contribution in [0.4, 0.5) is 6.01 Å². The number of primary amides is 1. The summed E-state index contributed by atoms with van der Waals surface area (Å²) in [4.78, 5) is 11.0. The molecule has 1 heterocycles. The SMILES string of the molecule is CC(C)(Nc1nnc(CCN)o1)C(N)=O. The summed E-state index contributed by atoms with van der Waals surface area (Å²) in [5.74, 6) is -0.0682. The van der Waals surface area contributed by atoms with Crippen molar-refractivity contribution in [3.05, 3.63) is 5.89 Å². The van der Waals surface area contributed by atoms with E-state index in [0.29, 0.717) is 18.9 Å². The molecule has 0 aromatic carbocycles. The van der Waals surface area contributed by atoms with Gasteiger partial charge in [-0.3, -0.25) is 4.79 Å². The van der Waals surface area contributed by atoms with Gasteiger partial charge in [0, 0.05) is 13.0 Å². The van der Waals surface area contributed by atoms with Crippen molar-refractivity contribution in [2.45, 2.75) is 25.8 Å². The van der Waals surface area contributed by atoms with E-state index in [-0.39, 0.29) is 6.01 Å². The maximum Gasteiger partial charge on any atom is 0.316 e. The molecular weight excluding hydrogens is 198 g/mol. The monoisotopic (exact) mass is 213 g/mol. The van der Waals surface area contributed by atoms with Gasteiger partial charge in [-0.1, -0.05) is 5.10 Å².